The number of aromatic nitrogens is 5. The fourth-order valence-electron chi connectivity index (χ4n) is 4.97. The summed E-state index contributed by atoms with van der Waals surface area (Å²) in [6, 6.07) is 5.35. The summed E-state index contributed by atoms with van der Waals surface area (Å²) in [5.41, 5.74) is 10.1. The minimum Gasteiger partial charge on any atom is -0.618 e. The van der Waals surface area contributed by atoms with Crippen molar-refractivity contribution in [2.45, 2.75) is 36.4 Å². The zero-order valence-electron chi connectivity index (χ0n) is 17.8. The molecule has 1 saturated carbocycles. The number of fused-ring (bicyclic) bond motifs is 3. The molecule has 1 aliphatic heterocycles. The molecular formula is C22H24N7O2S+. The lowest BCUT2D eigenvalue weighted by molar-refractivity contribution is -0.887. The average molecular weight is 451 g/mol. The van der Waals surface area contributed by atoms with Crippen LogP contribution in [0.3, 0.4) is 0 Å². The van der Waals surface area contributed by atoms with Crippen molar-refractivity contribution < 1.29 is 14.7 Å². The third-order valence-corrected chi connectivity index (χ3v) is 7.66. The summed E-state index contributed by atoms with van der Waals surface area (Å²) in [6.45, 7) is 6.07. The average Bonchev–Trinajstić information content (AvgIpc) is 3.10. The van der Waals surface area contributed by atoms with Gasteiger partial charge < -0.3 is 20.8 Å². The van der Waals surface area contributed by atoms with Crippen molar-refractivity contribution >= 4 is 39.6 Å². The van der Waals surface area contributed by atoms with Crippen LogP contribution < -0.4 is 20.1 Å². The maximum atomic E-state index is 12.2. The van der Waals surface area contributed by atoms with Crippen LogP contribution in [0.25, 0.3) is 22.1 Å². The van der Waals surface area contributed by atoms with Crippen molar-refractivity contribution in [3.05, 3.63) is 47.1 Å². The Morgan fingerprint density at radius 2 is 2.09 bits per heavy atom. The van der Waals surface area contributed by atoms with Gasteiger partial charge >= 0.3 is 5.52 Å². The predicted molar refractivity (Wildman–Crippen MR) is 120 cm³/mol. The van der Waals surface area contributed by atoms with Gasteiger partial charge in [-0.25, -0.2) is 9.97 Å². The summed E-state index contributed by atoms with van der Waals surface area (Å²) in [5.74, 6) is 2.02. The van der Waals surface area contributed by atoms with E-state index in [1.807, 2.05) is 0 Å². The van der Waals surface area contributed by atoms with Crippen LogP contribution in [0.1, 0.15) is 18.2 Å². The molecule has 164 valence electrons. The van der Waals surface area contributed by atoms with E-state index in [4.69, 9.17) is 15.7 Å². The van der Waals surface area contributed by atoms with Gasteiger partial charge in [-0.05, 0) is 42.5 Å². The number of nitrogens with one attached hydrogen (secondary N) is 1. The Bertz CT molecular complexity index is 1380. The number of aryl methyl sites for hydroxylation is 2. The number of piperidine rings is 1. The second kappa shape index (κ2) is 6.94. The van der Waals surface area contributed by atoms with E-state index in [0.717, 1.165) is 51.5 Å². The number of nitrogens with two attached hydrogens (primary N) is 1. The molecule has 4 aromatic rings. The van der Waals surface area contributed by atoms with Gasteiger partial charge in [0.2, 0.25) is 6.20 Å². The van der Waals surface area contributed by atoms with Crippen molar-refractivity contribution in [1.82, 2.24) is 15.0 Å². The van der Waals surface area contributed by atoms with Crippen molar-refractivity contribution in [2.75, 3.05) is 18.0 Å². The van der Waals surface area contributed by atoms with Crippen molar-refractivity contribution in [2.24, 2.45) is 17.6 Å². The molecule has 1 saturated heterocycles. The summed E-state index contributed by atoms with van der Waals surface area (Å²) in [6.07, 6.45) is 3.87. The van der Waals surface area contributed by atoms with E-state index in [1.165, 1.54) is 23.5 Å². The topological polar surface area (TPSA) is 122 Å². The lowest BCUT2D eigenvalue weighted by atomic mass is 10.1. The van der Waals surface area contributed by atoms with E-state index in [9.17, 15) is 10.4 Å². The van der Waals surface area contributed by atoms with Gasteiger partial charge in [0.15, 0.2) is 11.4 Å². The molecule has 1 aliphatic carbocycles. The summed E-state index contributed by atoms with van der Waals surface area (Å²) >= 11 is 1.32. The highest BCUT2D eigenvalue weighted by Crippen LogP contribution is 2.46. The standard InChI is InChI=1S/C22H24N7O2S/c1-3-15-11(2)18-20(24-15)25-22(26-21(18)27-9-13-14(10-27)19(13)23)32-12-7-17-16(29(31)8-12)5-4-6-28(17)30/h4-8,13-14,19,31H,3,9-10,23H2,1-2H3,(H,24,25,26)/q+1. The third kappa shape index (κ3) is 2.90. The van der Waals surface area contributed by atoms with Crippen molar-refractivity contribution in [1.29, 1.82) is 0 Å². The van der Waals surface area contributed by atoms with Crippen LogP contribution in [0.2, 0.25) is 0 Å². The van der Waals surface area contributed by atoms with Crippen molar-refractivity contribution in [3.8, 4) is 0 Å². The third-order valence-electron chi connectivity index (χ3n) is 6.84. The largest absolute Gasteiger partial charge is 0.618 e. The number of H-pyrrole nitrogens is 1. The van der Waals surface area contributed by atoms with E-state index < -0.39 is 0 Å². The molecule has 2 fully saturated rings. The fraction of sp³-hybridized carbons (Fsp3) is 0.364. The van der Waals surface area contributed by atoms with Gasteiger partial charge in [0.25, 0.3) is 5.52 Å². The second-order valence-corrected chi connectivity index (χ2v) is 9.71. The van der Waals surface area contributed by atoms with Gasteiger partial charge in [0.05, 0.1) is 10.3 Å². The number of hydrogen-bond donors (Lipinski definition) is 3. The lowest BCUT2D eigenvalue weighted by Crippen LogP contribution is -2.36. The van der Waals surface area contributed by atoms with Gasteiger partial charge in [-0.15, -0.1) is 0 Å². The molecule has 0 amide bonds. The van der Waals surface area contributed by atoms with E-state index in [1.54, 1.807) is 24.4 Å². The van der Waals surface area contributed by atoms with Gasteiger partial charge in [-0.2, -0.15) is 4.73 Å². The molecular weight excluding hydrogens is 426 g/mol. The minimum absolute atomic E-state index is 0.312. The molecule has 10 heteroatoms. The van der Waals surface area contributed by atoms with Gasteiger partial charge in [0.1, 0.15) is 11.5 Å². The first-order valence-electron chi connectivity index (χ1n) is 10.8. The Hall–Kier alpha value is -3.11. The lowest BCUT2D eigenvalue weighted by Gasteiger charge is -2.21. The molecule has 2 unspecified atom stereocenters. The summed E-state index contributed by atoms with van der Waals surface area (Å²) < 4.78 is 1.71. The first-order valence-corrected chi connectivity index (χ1v) is 11.6. The Morgan fingerprint density at radius 1 is 1.31 bits per heavy atom. The van der Waals surface area contributed by atoms with Crippen LogP contribution >= 0.6 is 11.8 Å². The smallest absolute Gasteiger partial charge is 0.329 e. The molecule has 32 heavy (non-hydrogen) atoms. The number of aromatic amines is 1. The Kier molecular flexibility index (Phi) is 4.25. The van der Waals surface area contributed by atoms with Crippen LogP contribution in [0.15, 0.2) is 40.6 Å². The minimum atomic E-state index is 0.312. The number of rotatable bonds is 4. The Morgan fingerprint density at radius 3 is 2.84 bits per heavy atom. The van der Waals surface area contributed by atoms with Crippen LogP contribution in [0.4, 0.5) is 5.82 Å². The fourth-order valence-corrected chi connectivity index (χ4v) is 5.77. The number of anilines is 1. The molecule has 0 aromatic carbocycles. The zero-order valence-corrected chi connectivity index (χ0v) is 18.6. The zero-order chi connectivity index (χ0) is 22.1. The number of pyridine rings is 2. The molecule has 0 radical (unpaired) electrons. The maximum absolute atomic E-state index is 12.2. The molecule has 2 atom stereocenters. The van der Waals surface area contributed by atoms with Crippen LogP contribution in [0, 0.1) is 24.0 Å². The molecule has 6 rings (SSSR count). The summed E-state index contributed by atoms with van der Waals surface area (Å²) in [5, 5.41) is 24.2. The Balaban J connectivity index is 1.44. The van der Waals surface area contributed by atoms with Crippen molar-refractivity contribution in [3.63, 3.8) is 0 Å². The highest BCUT2D eigenvalue weighted by atomic mass is 32.2. The van der Waals surface area contributed by atoms with Crippen LogP contribution in [-0.2, 0) is 6.42 Å². The Labute approximate surface area is 188 Å². The molecule has 0 spiro atoms. The molecule has 4 N–H and O–H groups in total. The monoisotopic (exact) mass is 450 g/mol. The van der Waals surface area contributed by atoms with E-state index in [-0.39, 0.29) is 0 Å². The molecule has 4 aromatic heterocycles. The molecule has 5 heterocycles. The second-order valence-electron chi connectivity index (χ2n) is 8.67. The van der Waals surface area contributed by atoms with Gasteiger partial charge in [0, 0.05) is 47.8 Å². The first kappa shape index (κ1) is 19.6. The van der Waals surface area contributed by atoms with E-state index in [2.05, 4.69) is 23.7 Å². The molecule has 9 nitrogen and oxygen atoms in total. The van der Waals surface area contributed by atoms with E-state index >= 15 is 0 Å². The molecule has 2 aliphatic rings. The molecule has 0 bridgehead atoms. The van der Waals surface area contributed by atoms with Gasteiger partial charge in [-0.1, -0.05) is 6.92 Å². The summed E-state index contributed by atoms with van der Waals surface area (Å²) in [4.78, 5) is 16.2. The predicted octanol–water partition coefficient (Wildman–Crippen LogP) is 1.68. The first-order chi connectivity index (χ1) is 15.4. The number of nitrogens with zero attached hydrogens (tertiary/aromatic N) is 5. The normalized spacial score (nSPS) is 22.1. The quantitative estimate of drug-likeness (QED) is 0.187. The summed E-state index contributed by atoms with van der Waals surface area (Å²) in [7, 11) is 0. The van der Waals surface area contributed by atoms with Crippen LogP contribution in [0.5, 0.6) is 0 Å². The van der Waals surface area contributed by atoms with Gasteiger partial charge in [-0.3, -0.25) is 5.21 Å². The highest BCUT2D eigenvalue weighted by Gasteiger charge is 2.54. The SMILES string of the molecule is CCc1[nH]c2nc(Sc3cc4c(ccc[n+]4[O-])[n+](O)c3)nc(N3CC4C(N)C4C3)c2c1C. The van der Waals surface area contributed by atoms with E-state index in [0.29, 0.717) is 39.0 Å². The number of hydrogen-bond acceptors (Lipinski definition) is 7. The van der Waals surface area contributed by atoms with Crippen LogP contribution in [-0.4, -0.2) is 39.3 Å². The highest BCUT2D eigenvalue weighted by molar-refractivity contribution is 7.99. The maximum Gasteiger partial charge on any atom is 0.329 e.